The summed E-state index contributed by atoms with van der Waals surface area (Å²) in [7, 11) is 0. The number of hydrogen-bond donors (Lipinski definition) is 3. The Labute approximate surface area is 171 Å². The molecule has 150 valence electrons. The Balaban J connectivity index is 1.28. The van der Waals surface area contributed by atoms with Crippen molar-refractivity contribution in [3.8, 4) is 0 Å². The van der Waals surface area contributed by atoms with Gasteiger partial charge in [-0.2, -0.15) is 0 Å². The average molecular weight is 410 g/mol. The molecule has 0 atom stereocenters. The molecule has 1 saturated carbocycles. The van der Waals surface area contributed by atoms with Gasteiger partial charge in [0.05, 0.1) is 17.7 Å². The smallest absolute Gasteiger partial charge is 0.311 e. The van der Waals surface area contributed by atoms with Gasteiger partial charge in [-0.3, -0.25) is 9.59 Å². The van der Waals surface area contributed by atoms with Crippen LogP contribution in [0.5, 0.6) is 0 Å². The molecule has 0 unspecified atom stereocenters. The lowest BCUT2D eigenvalue weighted by Gasteiger charge is -2.37. The van der Waals surface area contributed by atoms with Gasteiger partial charge in [-0.15, -0.1) is 0 Å². The second-order valence-corrected chi connectivity index (χ2v) is 9.01. The number of carbonyl (C=O) groups excluding carboxylic acids is 1. The van der Waals surface area contributed by atoms with E-state index in [1.807, 2.05) is 35.2 Å². The number of nitrogens with one attached hydrogen (secondary N) is 2. The first-order valence-corrected chi connectivity index (χ1v) is 10.7. The van der Waals surface area contributed by atoms with E-state index in [1.165, 1.54) is 11.3 Å². The number of benzene rings is 1. The lowest BCUT2D eigenvalue weighted by atomic mass is 9.69. The van der Waals surface area contributed by atoms with Crippen molar-refractivity contribution in [2.75, 3.05) is 18.4 Å². The number of aromatic nitrogens is 2. The normalized spacial score (nSPS) is 17.6. The van der Waals surface area contributed by atoms with E-state index in [1.54, 1.807) is 0 Å². The van der Waals surface area contributed by atoms with E-state index in [-0.39, 0.29) is 5.91 Å². The van der Waals surface area contributed by atoms with Crippen molar-refractivity contribution >= 4 is 39.2 Å². The number of H-pyrrole nitrogens is 1. The molecule has 2 aromatic heterocycles. The maximum Gasteiger partial charge on any atom is 0.311 e. The van der Waals surface area contributed by atoms with Crippen LogP contribution in [0.15, 0.2) is 30.3 Å². The number of aromatic amines is 1. The third-order valence-corrected chi connectivity index (χ3v) is 7.16. The quantitative estimate of drug-likeness (QED) is 0.598. The monoisotopic (exact) mass is 410 g/mol. The summed E-state index contributed by atoms with van der Waals surface area (Å²) in [6, 6.07) is 9.76. The third-order valence-electron chi connectivity index (χ3n) is 6.12. The standard InChI is InChI=1S/C21H22N4O3S/c26-18(16-10-13-4-1-2-5-14(13)23-16)25-9-6-15-17(11-25)29-20(24-15)22-12-21(19(27)28)7-3-8-21/h1-2,4-5,10,23H,3,6-9,11-12H2,(H,22,24)(H,27,28). The Morgan fingerprint density at radius 1 is 1.31 bits per heavy atom. The van der Waals surface area contributed by atoms with Crippen LogP contribution in [0, 0.1) is 5.41 Å². The van der Waals surface area contributed by atoms with Crippen molar-refractivity contribution in [3.05, 3.63) is 46.6 Å². The lowest BCUT2D eigenvalue weighted by molar-refractivity contribution is -0.153. The highest BCUT2D eigenvalue weighted by Crippen LogP contribution is 2.41. The van der Waals surface area contributed by atoms with Crippen molar-refractivity contribution in [3.63, 3.8) is 0 Å². The van der Waals surface area contributed by atoms with E-state index < -0.39 is 11.4 Å². The number of rotatable bonds is 5. The van der Waals surface area contributed by atoms with Crippen LogP contribution in [0.2, 0.25) is 0 Å². The van der Waals surface area contributed by atoms with E-state index in [4.69, 9.17) is 0 Å². The molecule has 0 saturated heterocycles. The van der Waals surface area contributed by atoms with Gasteiger partial charge in [0.25, 0.3) is 5.91 Å². The highest BCUT2D eigenvalue weighted by atomic mass is 32.1. The number of carbonyl (C=O) groups is 2. The van der Waals surface area contributed by atoms with Crippen LogP contribution in [0.4, 0.5) is 5.13 Å². The summed E-state index contributed by atoms with van der Waals surface area (Å²) in [6.07, 6.45) is 3.11. The molecule has 3 heterocycles. The predicted octanol–water partition coefficient (Wildman–Crippen LogP) is 3.49. The molecule has 0 spiro atoms. The minimum absolute atomic E-state index is 0.00550. The summed E-state index contributed by atoms with van der Waals surface area (Å²) in [5, 5.41) is 14.5. The summed E-state index contributed by atoms with van der Waals surface area (Å²) in [4.78, 5) is 35.3. The van der Waals surface area contributed by atoms with Crippen LogP contribution in [-0.4, -0.2) is 44.9 Å². The average Bonchev–Trinajstić information content (AvgIpc) is 3.29. The summed E-state index contributed by atoms with van der Waals surface area (Å²) < 4.78 is 0. The molecule has 0 bridgehead atoms. The fourth-order valence-electron chi connectivity index (χ4n) is 4.12. The Morgan fingerprint density at radius 2 is 2.14 bits per heavy atom. The van der Waals surface area contributed by atoms with Crippen molar-refractivity contribution in [2.24, 2.45) is 5.41 Å². The molecule has 2 aliphatic rings. The molecule has 1 aromatic carbocycles. The highest BCUT2D eigenvalue weighted by Gasteiger charge is 2.44. The molecule has 0 radical (unpaired) electrons. The van der Waals surface area contributed by atoms with Gasteiger partial charge in [-0.1, -0.05) is 36.0 Å². The summed E-state index contributed by atoms with van der Waals surface area (Å²) >= 11 is 1.52. The van der Waals surface area contributed by atoms with Gasteiger partial charge in [-0.05, 0) is 25.0 Å². The first kappa shape index (κ1) is 18.2. The van der Waals surface area contributed by atoms with Crippen molar-refractivity contribution in [1.29, 1.82) is 0 Å². The molecule has 1 amide bonds. The number of carboxylic acid groups (broad SMARTS) is 1. The zero-order chi connectivity index (χ0) is 20.0. The number of carboxylic acids is 1. The number of hydrogen-bond acceptors (Lipinski definition) is 5. The minimum atomic E-state index is -0.729. The van der Waals surface area contributed by atoms with Crippen LogP contribution in [0.1, 0.15) is 40.3 Å². The topological polar surface area (TPSA) is 98.3 Å². The molecule has 5 rings (SSSR count). The van der Waals surface area contributed by atoms with Gasteiger partial charge < -0.3 is 20.3 Å². The molecule has 1 aliphatic carbocycles. The number of anilines is 1. The van der Waals surface area contributed by atoms with Gasteiger partial charge in [0, 0.05) is 35.3 Å². The van der Waals surface area contributed by atoms with Crippen LogP contribution in [0.25, 0.3) is 10.9 Å². The molecule has 1 fully saturated rings. The molecule has 3 aromatic rings. The van der Waals surface area contributed by atoms with E-state index >= 15 is 0 Å². The van der Waals surface area contributed by atoms with E-state index in [0.29, 0.717) is 44.6 Å². The Kier molecular flexibility index (Phi) is 4.31. The second-order valence-electron chi connectivity index (χ2n) is 7.93. The van der Waals surface area contributed by atoms with Crippen LogP contribution in [-0.2, 0) is 17.8 Å². The van der Waals surface area contributed by atoms with Crippen molar-refractivity contribution in [2.45, 2.75) is 32.2 Å². The van der Waals surface area contributed by atoms with E-state index in [9.17, 15) is 14.7 Å². The van der Waals surface area contributed by atoms with Gasteiger partial charge in [0.2, 0.25) is 0 Å². The SMILES string of the molecule is O=C(c1cc2ccccc2[nH]1)N1CCc2nc(NCC3(C(=O)O)CCC3)sc2C1. The Morgan fingerprint density at radius 3 is 2.86 bits per heavy atom. The number of fused-ring (bicyclic) bond motifs is 2. The zero-order valence-corrected chi connectivity index (χ0v) is 16.7. The molecular weight excluding hydrogens is 388 g/mol. The molecule has 1 aliphatic heterocycles. The third kappa shape index (κ3) is 3.17. The Hall–Kier alpha value is -2.87. The lowest BCUT2D eigenvalue weighted by Crippen LogP contribution is -2.43. The molecule has 7 nitrogen and oxygen atoms in total. The first-order chi connectivity index (χ1) is 14.0. The largest absolute Gasteiger partial charge is 0.481 e. The first-order valence-electron chi connectivity index (χ1n) is 9.87. The van der Waals surface area contributed by atoms with Crippen molar-refractivity contribution < 1.29 is 14.7 Å². The number of thiazole rings is 1. The fourth-order valence-corrected chi connectivity index (χ4v) is 5.14. The predicted molar refractivity (Wildman–Crippen MR) is 111 cm³/mol. The maximum atomic E-state index is 13.0. The summed E-state index contributed by atoms with van der Waals surface area (Å²) in [5.41, 5.74) is 1.92. The van der Waals surface area contributed by atoms with Crippen LogP contribution < -0.4 is 5.32 Å². The highest BCUT2D eigenvalue weighted by molar-refractivity contribution is 7.15. The van der Waals surface area contributed by atoms with E-state index in [2.05, 4.69) is 15.3 Å². The molecule has 8 heteroatoms. The van der Waals surface area contributed by atoms with Gasteiger partial charge in [0.1, 0.15) is 5.69 Å². The van der Waals surface area contributed by atoms with Gasteiger partial charge in [0.15, 0.2) is 5.13 Å². The minimum Gasteiger partial charge on any atom is -0.481 e. The summed E-state index contributed by atoms with van der Waals surface area (Å²) in [5.74, 6) is -0.735. The molecular formula is C21H22N4O3S. The molecule has 3 N–H and O–H groups in total. The Bertz CT molecular complexity index is 1070. The fraction of sp³-hybridized carbons (Fsp3) is 0.381. The zero-order valence-electron chi connectivity index (χ0n) is 15.9. The van der Waals surface area contributed by atoms with Crippen LogP contribution in [0.3, 0.4) is 0 Å². The number of nitrogens with zero attached hydrogens (tertiary/aromatic N) is 2. The van der Waals surface area contributed by atoms with Gasteiger partial charge in [-0.25, -0.2) is 4.98 Å². The van der Waals surface area contributed by atoms with E-state index in [0.717, 1.165) is 33.0 Å². The van der Waals surface area contributed by atoms with Crippen molar-refractivity contribution in [1.82, 2.24) is 14.9 Å². The number of aliphatic carboxylic acids is 1. The van der Waals surface area contributed by atoms with Crippen LogP contribution >= 0.6 is 11.3 Å². The van der Waals surface area contributed by atoms with Gasteiger partial charge >= 0.3 is 5.97 Å². The number of para-hydroxylation sites is 1. The summed E-state index contributed by atoms with van der Waals surface area (Å²) in [6.45, 7) is 1.57. The second kappa shape index (κ2) is 6.88. The maximum absolute atomic E-state index is 13.0. The molecule has 29 heavy (non-hydrogen) atoms. The number of amides is 1.